The molecule has 2 amide bonds. The Hall–Kier alpha value is -1.91. The lowest BCUT2D eigenvalue weighted by Crippen LogP contribution is -2.53. The maximum atomic E-state index is 13.5. The van der Waals surface area contributed by atoms with Crippen LogP contribution in [0.1, 0.15) is 63.4 Å². The van der Waals surface area contributed by atoms with Crippen molar-refractivity contribution >= 4 is 11.8 Å². The lowest BCUT2D eigenvalue weighted by atomic mass is 9.49. The molecule has 4 bridgehead atoms. The zero-order valence-electron chi connectivity index (χ0n) is 17.0. The van der Waals surface area contributed by atoms with E-state index in [1.165, 1.54) is 31.4 Å². The van der Waals surface area contributed by atoms with Crippen molar-refractivity contribution in [2.24, 2.45) is 23.2 Å². The van der Waals surface area contributed by atoms with Gasteiger partial charge in [-0.15, -0.1) is 0 Å². The van der Waals surface area contributed by atoms with E-state index in [1.807, 2.05) is 11.0 Å². The van der Waals surface area contributed by atoms with E-state index in [9.17, 15) is 14.0 Å². The summed E-state index contributed by atoms with van der Waals surface area (Å²) < 4.78 is 13.5. The Morgan fingerprint density at radius 3 is 2.31 bits per heavy atom. The third-order valence-corrected chi connectivity index (χ3v) is 7.69. The second-order valence-electron chi connectivity index (χ2n) is 10.1. The number of amides is 2. The number of benzene rings is 1. The SMILES string of the molecule is O=C(CCNC(=O)C12CC3CC(CC(C3)C1)C2)N(Cc1cccc(F)c1)C1CC1. The summed E-state index contributed by atoms with van der Waals surface area (Å²) in [6.07, 6.45) is 9.46. The van der Waals surface area contributed by atoms with Gasteiger partial charge in [-0.25, -0.2) is 4.39 Å². The summed E-state index contributed by atoms with van der Waals surface area (Å²) >= 11 is 0. The van der Waals surface area contributed by atoms with Crippen LogP contribution in [0.25, 0.3) is 0 Å². The van der Waals surface area contributed by atoms with Crippen molar-refractivity contribution in [1.29, 1.82) is 0 Å². The Balaban J connectivity index is 1.15. The van der Waals surface area contributed by atoms with Crippen LogP contribution in [-0.2, 0) is 16.1 Å². The summed E-state index contributed by atoms with van der Waals surface area (Å²) in [5.41, 5.74) is 0.665. The van der Waals surface area contributed by atoms with Crippen LogP contribution >= 0.6 is 0 Å². The Morgan fingerprint density at radius 2 is 1.72 bits per heavy atom. The van der Waals surface area contributed by atoms with Crippen LogP contribution in [0.15, 0.2) is 24.3 Å². The number of hydrogen-bond donors (Lipinski definition) is 1. The third-order valence-electron chi connectivity index (χ3n) is 7.69. The summed E-state index contributed by atoms with van der Waals surface area (Å²) in [7, 11) is 0. The second-order valence-corrected chi connectivity index (χ2v) is 10.1. The van der Waals surface area contributed by atoms with E-state index in [0.717, 1.165) is 55.4 Å². The second kappa shape index (κ2) is 7.41. The first-order chi connectivity index (χ1) is 14.0. The molecule has 0 aromatic heterocycles. The molecule has 1 N–H and O–H groups in total. The van der Waals surface area contributed by atoms with E-state index in [1.54, 1.807) is 6.07 Å². The molecule has 0 radical (unpaired) electrons. The lowest BCUT2D eigenvalue weighted by Gasteiger charge is -2.55. The van der Waals surface area contributed by atoms with Crippen molar-refractivity contribution in [1.82, 2.24) is 10.2 Å². The molecule has 6 rings (SSSR count). The fraction of sp³-hybridized carbons (Fsp3) is 0.667. The molecule has 5 saturated carbocycles. The zero-order chi connectivity index (χ0) is 20.0. The van der Waals surface area contributed by atoms with Gasteiger partial charge in [0, 0.05) is 31.0 Å². The first kappa shape index (κ1) is 19.1. The van der Waals surface area contributed by atoms with Crippen molar-refractivity contribution in [3.05, 3.63) is 35.6 Å². The van der Waals surface area contributed by atoms with Gasteiger partial charge in [0.15, 0.2) is 0 Å². The van der Waals surface area contributed by atoms with Gasteiger partial charge in [0.25, 0.3) is 0 Å². The highest BCUT2D eigenvalue weighted by Crippen LogP contribution is 2.60. The molecule has 0 aliphatic heterocycles. The van der Waals surface area contributed by atoms with E-state index in [-0.39, 0.29) is 29.1 Å². The van der Waals surface area contributed by atoms with E-state index >= 15 is 0 Å². The van der Waals surface area contributed by atoms with Crippen LogP contribution in [0.2, 0.25) is 0 Å². The van der Waals surface area contributed by atoms with Crippen molar-refractivity contribution in [3.63, 3.8) is 0 Å². The number of nitrogens with zero attached hydrogens (tertiary/aromatic N) is 1. The first-order valence-corrected chi connectivity index (χ1v) is 11.3. The van der Waals surface area contributed by atoms with Gasteiger partial charge in [-0.1, -0.05) is 12.1 Å². The minimum absolute atomic E-state index is 0.0579. The number of carbonyl (C=O) groups excluding carboxylic acids is 2. The average molecular weight is 399 g/mol. The summed E-state index contributed by atoms with van der Waals surface area (Å²) in [5, 5.41) is 3.11. The summed E-state index contributed by atoms with van der Waals surface area (Å²) in [6, 6.07) is 6.74. The van der Waals surface area contributed by atoms with Crippen molar-refractivity contribution < 1.29 is 14.0 Å². The molecule has 5 heteroatoms. The van der Waals surface area contributed by atoms with Gasteiger partial charge >= 0.3 is 0 Å². The third kappa shape index (κ3) is 3.93. The highest BCUT2D eigenvalue weighted by atomic mass is 19.1. The fourth-order valence-electron chi connectivity index (χ4n) is 6.64. The molecule has 0 atom stereocenters. The number of carbonyl (C=O) groups is 2. The van der Waals surface area contributed by atoms with Crippen LogP contribution in [0.4, 0.5) is 4.39 Å². The topological polar surface area (TPSA) is 49.4 Å². The molecule has 0 unspecified atom stereocenters. The number of nitrogens with one attached hydrogen (secondary N) is 1. The molecular formula is C24H31FN2O2. The molecule has 0 heterocycles. The Morgan fingerprint density at radius 1 is 1.07 bits per heavy atom. The molecule has 29 heavy (non-hydrogen) atoms. The largest absolute Gasteiger partial charge is 0.355 e. The van der Waals surface area contributed by atoms with Crippen LogP contribution in [0, 0.1) is 29.0 Å². The van der Waals surface area contributed by atoms with Gasteiger partial charge in [0.1, 0.15) is 5.82 Å². The Bertz CT molecular complexity index is 769. The predicted octanol–water partition coefficient (Wildman–Crippen LogP) is 4.04. The van der Waals surface area contributed by atoms with E-state index < -0.39 is 0 Å². The molecule has 0 spiro atoms. The zero-order valence-corrected chi connectivity index (χ0v) is 17.0. The predicted molar refractivity (Wildman–Crippen MR) is 108 cm³/mol. The standard InChI is InChI=1S/C24H31FN2O2/c25-20-3-1-2-16(11-20)15-27(21-4-5-21)22(28)6-7-26-23(29)24-12-17-8-18(13-24)10-19(9-17)14-24/h1-3,11,17-19,21H,4-10,12-15H2,(H,26,29). The van der Waals surface area contributed by atoms with E-state index in [2.05, 4.69) is 5.32 Å². The highest BCUT2D eigenvalue weighted by molar-refractivity contribution is 5.84. The maximum absolute atomic E-state index is 13.5. The molecule has 1 aromatic rings. The number of hydrogen-bond acceptors (Lipinski definition) is 2. The van der Waals surface area contributed by atoms with Gasteiger partial charge in [-0.3, -0.25) is 9.59 Å². The lowest BCUT2D eigenvalue weighted by molar-refractivity contribution is -0.146. The average Bonchev–Trinajstić information content (AvgIpc) is 3.50. The highest BCUT2D eigenvalue weighted by Gasteiger charge is 2.54. The smallest absolute Gasteiger partial charge is 0.226 e. The molecule has 5 aliphatic carbocycles. The molecule has 156 valence electrons. The summed E-state index contributed by atoms with van der Waals surface area (Å²) in [5.74, 6) is 2.20. The van der Waals surface area contributed by atoms with Crippen LogP contribution < -0.4 is 5.32 Å². The maximum Gasteiger partial charge on any atom is 0.226 e. The molecule has 0 saturated heterocycles. The first-order valence-electron chi connectivity index (χ1n) is 11.3. The summed E-state index contributed by atoms with van der Waals surface area (Å²) in [4.78, 5) is 27.7. The van der Waals surface area contributed by atoms with E-state index in [0.29, 0.717) is 19.5 Å². The van der Waals surface area contributed by atoms with Crippen molar-refractivity contribution in [2.75, 3.05) is 6.54 Å². The monoisotopic (exact) mass is 398 g/mol. The Labute approximate surface area is 172 Å². The van der Waals surface area contributed by atoms with E-state index in [4.69, 9.17) is 0 Å². The molecular weight excluding hydrogens is 367 g/mol. The van der Waals surface area contributed by atoms with Crippen molar-refractivity contribution in [2.45, 2.75) is 70.4 Å². The molecule has 5 fully saturated rings. The number of halogens is 1. The van der Waals surface area contributed by atoms with Gasteiger partial charge in [0.05, 0.1) is 0 Å². The quantitative estimate of drug-likeness (QED) is 0.754. The molecule has 1 aromatic carbocycles. The Kier molecular flexibility index (Phi) is 4.87. The van der Waals surface area contributed by atoms with Crippen molar-refractivity contribution in [3.8, 4) is 0 Å². The van der Waals surface area contributed by atoms with Gasteiger partial charge in [0.2, 0.25) is 11.8 Å². The molecule has 4 nitrogen and oxygen atoms in total. The number of rotatable bonds is 7. The van der Waals surface area contributed by atoms with Gasteiger partial charge in [-0.05, 0) is 86.8 Å². The van der Waals surface area contributed by atoms with Crippen LogP contribution in [-0.4, -0.2) is 29.3 Å². The van der Waals surface area contributed by atoms with Crippen LogP contribution in [0.3, 0.4) is 0 Å². The fourth-order valence-corrected chi connectivity index (χ4v) is 6.64. The minimum Gasteiger partial charge on any atom is -0.355 e. The van der Waals surface area contributed by atoms with Crippen LogP contribution in [0.5, 0.6) is 0 Å². The normalized spacial score (nSPS) is 32.2. The summed E-state index contributed by atoms with van der Waals surface area (Å²) in [6.45, 7) is 0.857. The minimum atomic E-state index is -0.270. The molecule has 5 aliphatic rings. The van der Waals surface area contributed by atoms with Gasteiger partial charge in [-0.2, -0.15) is 0 Å². The van der Waals surface area contributed by atoms with Gasteiger partial charge < -0.3 is 10.2 Å².